The predicted octanol–water partition coefficient (Wildman–Crippen LogP) is 0.00620. The highest BCUT2D eigenvalue weighted by molar-refractivity contribution is 7.80. The molecule has 0 saturated carbocycles. The van der Waals surface area contributed by atoms with Gasteiger partial charge in [0.2, 0.25) is 0 Å². The van der Waals surface area contributed by atoms with E-state index in [1.165, 1.54) is 6.20 Å². The quantitative estimate of drug-likeness (QED) is 0.567. The van der Waals surface area contributed by atoms with Gasteiger partial charge in [0.1, 0.15) is 0 Å². The van der Waals surface area contributed by atoms with Gasteiger partial charge in [-0.2, -0.15) is 12.6 Å². The highest BCUT2D eigenvalue weighted by Gasteiger charge is 1.92. The summed E-state index contributed by atoms with van der Waals surface area (Å²) in [5, 5.41) is 0. The van der Waals surface area contributed by atoms with E-state index in [2.05, 4.69) is 22.6 Å². The van der Waals surface area contributed by atoms with Crippen molar-refractivity contribution in [2.24, 2.45) is 0 Å². The van der Waals surface area contributed by atoms with Crippen LogP contribution in [-0.4, -0.2) is 15.7 Å². The molecule has 0 amide bonds. The molecular weight excluding hydrogens is 176 g/mol. The minimum Gasteiger partial charge on any atom is -0.314 e. The Labute approximate surface area is 73.8 Å². The number of rotatable bonds is 2. The predicted molar refractivity (Wildman–Crippen MR) is 50.6 cm³/mol. The van der Waals surface area contributed by atoms with Crippen LogP contribution in [0.3, 0.4) is 0 Å². The van der Waals surface area contributed by atoms with Gasteiger partial charge >= 0.3 is 5.69 Å². The minimum atomic E-state index is -0.497. The average molecular weight is 184 g/mol. The van der Waals surface area contributed by atoms with Crippen molar-refractivity contribution in [2.75, 3.05) is 5.75 Å². The Morgan fingerprint density at radius 1 is 1.50 bits per heavy atom. The third kappa shape index (κ3) is 2.13. The number of aromatic amines is 2. The molecule has 0 saturated heterocycles. The normalized spacial score (nSPS) is 10.8. The Hall–Kier alpha value is -1.23. The molecule has 0 spiro atoms. The summed E-state index contributed by atoms with van der Waals surface area (Å²) in [6, 6.07) is 0. The van der Waals surface area contributed by atoms with Crippen LogP contribution in [0.1, 0.15) is 5.56 Å². The second-order valence-electron chi connectivity index (χ2n) is 2.11. The topological polar surface area (TPSA) is 65.7 Å². The van der Waals surface area contributed by atoms with Crippen LogP contribution >= 0.6 is 12.6 Å². The zero-order valence-corrected chi connectivity index (χ0v) is 7.10. The number of hydrogen-bond donors (Lipinski definition) is 3. The number of hydrogen-bond acceptors (Lipinski definition) is 3. The molecule has 1 aromatic heterocycles. The van der Waals surface area contributed by atoms with E-state index in [0.29, 0.717) is 11.3 Å². The van der Waals surface area contributed by atoms with Gasteiger partial charge in [-0.05, 0) is 0 Å². The Balaban J connectivity index is 3.11. The summed E-state index contributed by atoms with van der Waals surface area (Å²) in [6.07, 6.45) is 4.68. The molecule has 0 bridgehead atoms. The first kappa shape index (κ1) is 8.86. The van der Waals surface area contributed by atoms with Gasteiger partial charge < -0.3 is 4.98 Å². The van der Waals surface area contributed by atoms with Crippen molar-refractivity contribution < 1.29 is 0 Å². The lowest BCUT2D eigenvalue weighted by molar-refractivity contribution is 1.03. The van der Waals surface area contributed by atoms with Gasteiger partial charge in [-0.15, -0.1) is 0 Å². The fourth-order valence-electron chi connectivity index (χ4n) is 0.724. The highest BCUT2D eigenvalue weighted by atomic mass is 32.1. The van der Waals surface area contributed by atoms with E-state index in [9.17, 15) is 9.59 Å². The van der Waals surface area contributed by atoms with Crippen LogP contribution in [0.4, 0.5) is 0 Å². The molecule has 2 N–H and O–H groups in total. The molecule has 0 aliphatic heterocycles. The second-order valence-corrected chi connectivity index (χ2v) is 2.48. The molecule has 1 heterocycles. The largest absolute Gasteiger partial charge is 0.325 e. The summed E-state index contributed by atoms with van der Waals surface area (Å²) in [7, 11) is 0. The van der Waals surface area contributed by atoms with Gasteiger partial charge in [0.25, 0.3) is 5.56 Å². The highest BCUT2D eigenvalue weighted by Crippen LogP contribution is 1.89. The number of nitrogens with one attached hydrogen (secondary N) is 2. The fourth-order valence-corrected chi connectivity index (χ4v) is 0.829. The van der Waals surface area contributed by atoms with Crippen molar-refractivity contribution in [1.29, 1.82) is 0 Å². The molecule has 0 aromatic carbocycles. The summed E-state index contributed by atoms with van der Waals surface area (Å²) >= 11 is 3.93. The van der Waals surface area contributed by atoms with Crippen LogP contribution in [0.2, 0.25) is 0 Å². The zero-order valence-electron chi connectivity index (χ0n) is 6.20. The Morgan fingerprint density at radius 2 is 2.25 bits per heavy atom. The van der Waals surface area contributed by atoms with Crippen LogP contribution in [0.15, 0.2) is 21.9 Å². The Morgan fingerprint density at radius 3 is 2.83 bits per heavy atom. The Bertz CT molecular complexity index is 391. The van der Waals surface area contributed by atoms with Crippen molar-refractivity contribution in [2.45, 2.75) is 0 Å². The standard InChI is InChI=1S/C7H8N2O2S/c10-6-5(2-1-3-12)4-8-7(11)9-6/h1-2,4,12H,3H2,(H2,8,9,10,11). The van der Waals surface area contributed by atoms with Crippen molar-refractivity contribution in [3.05, 3.63) is 38.7 Å². The van der Waals surface area contributed by atoms with Gasteiger partial charge in [-0.3, -0.25) is 9.78 Å². The molecule has 12 heavy (non-hydrogen) atoms. The summed E-state index contributed by atoms with van der Waals surface area (Å²) in [6.45, 7) is 0. The summed E-state index contributed by atoms with van der Waals surface area (Å²) in [5.41, 5.74) is -0.469. The van der Waals surface area contributed by atoms with Crippen LogP contribution < -0.4 is 11.2 Å². The molecule has 64 valence electrons. The maximum absolute atomic E-state index is 11.0. The molecule has 0 aliphatic rings. The van der Waals surface area contributed by atoms with Crippen molar-refractivity contribution >= 4 is 18.7 Å². The Kier molecular flexibility index (Phi) is 2.93. The SMILES string of the molecule is O=c1[nH]cc(C=CCS)c(=O)[nH]1. The van der Waals surface area contributed by atoms with E-state index < -0.39 is 11.2 Å². The van der Waals surface area contributed by atoms with E-state index in [-0.39, 0.29) is 0 Å². The number of H-pyrrole nitrogens is 2. The number of aromatic nitrogens is 2. The molecule has 5 heteroatoms. The third-order valence-corrected chi connectivity index (χ3v) is 1.46. The van der Waals surface area contributed by atoms with Gasteiger partial charge in [-0.25, -0.2) is 4.79 Å². The van der Waals surface area contributed by atoms with Gasteiger partial charge in [0, 0.05) is 11.9 Å². The number of thiol groups is 1. The fraction of sp³-hybridized carbons (Fsp3) is 0.143. The lowest BCUT2D eigenvalue weighted by atomic mass is 10.3. The van der Waals surface area contributed by atoms with E-state index in [1.807, 2.05) is 0 Å². The van der Waals surface area contributed by atoms with Crippen molar-refractivity contribution in [3.8, 4) is 0 Å². The summed E-state index contributed by atoms with van der Waals surface area (Å²) in [4.78, 5) is 26.0. The van der Waals surface area contributed by atoms with Crippen LogP contribution in [0, 0.1) is 0 Å². The molecule has 1 rings (SSSR count). The second kappa shape index (κ2) is 3.96. The third-order valence-electron chi connectivity index (χ3n) is 1.25. The molecule has 4 nitrogen and oxygen atoms in total. The summed E-state index contributed by atoms with van der Waals surface area (Å²) < 4.78 is 0. The first-order valence-electron chi connectivity index (χ1n) is 3.33. The molecule has 0 radical (unpaired) electrons. The lowest BCUT2D eigenvalue weighted by Gasteiger charge is -1.88. The minimum absolute atomic E-state index is 0.392. The van der Waals surface area contributed by atoms with Gasteiger partial charge in [-0.1, -0.05) is 12.2 Å². The van der Waals surface area contributed by atoms with E-state index in [0.717, 1.165) is 0 Å². The lowest BCUT2D eigenvalue weighted by Crippen LogP contribution is -2.22. The van der Waals surface area contributed by atoms with Gasteiger partial charge in [0.15, 0.2) is 0 Å². The van der Waals surface area contributed by atoms with E-state index >= 15 is 0 Å². The monoisotopic (exact) mass is 184 g/mol. The zero-order chi connectivity index (χ0) is 8.97. The van der Waals surface area contributed by atoms with Crippen LogP contribution in [-0.2, 0) is 0 Å². The first-order valence-corrected chi connectivity index (χ1v) is 3.96. The molecule has 0 atom stereocenters. The molecule has 0 unspecified atom stereocenters. The summed E-state index contributed by atoms with van der Waals surface area (Å²) in [5.74, 6) is 0.554. The average Bonchev–Trinajstić information content (AvgIpc) is 2.03. The van der Waals surface area contributed by atoms with Crippen LogP contribution in [0.5, 0.6) is 0 Å². The van der Waals surface area contributed by atoms with Crippen molar-refractivity contribution in [1.82, 2.24) is 9.97 Å². The van der Waals surface area contributed by atoms with E-state index in [4.69, 9.17) is 0 Å². The maximum Gasteiger partial charge on any atom is 0.325 e. The molecule has 0 fully saturated rings. The van der Waals surface area contributed by atoms with Crippen molar-refractivity contribution in [3.63, 3.8) is 0 Å². The van der Waals surface area contributed by atoms with Gasteiger partial charge in [0.05, 0.1) is 5.56 Å². The molecule has 1 aromatic rings. The molecular formula is C7H8N2O2S. The van der Waals surface area contributed by atoms with E-state index in [1.54, 1.807) is 12.2 Å². The smallest absolute Gasteiger partial charge is 0.314 e. The maximum atomic E-state index is 11.0. The van der Waals surface area contributed by atoms with Crippen LogP contribution in [0.25, 0.3) is 6.08 Å². The first-order chi connectivity index (χ1) is 5.74. The molecule has 0 aliphatic carbocycles.